The molecule has 2 aliphatic heterocycles. The molecule has 38 heavy (non-hydrogen) atoms. The molecule has 4 aromatic heterocycles. The number of nitrogens with zero attached hydrogens (tertiary/aromatic N) is 6. The van der Waals surface area contributed by atoms with Crippen molar-refractivity contribution in [1.29, 1.82) is 0 Å². The van der Waals surface area contributed by atoms with Gasteiger partial charge in [0.15, 0.2) is 5.76 Å². The van der Waals surface area contributed by atoms with Gasteiger partial charge in [-0.3, -0.25) is 9.69 Å². The number of piperidine rings is 1. The van der Waals surface area contributed by atoms with Crippen LogP contribution in [0.4, 0.5) is 5.82 Å². The summed E-state index contributed by atoms with van der Waals surface area (Å²) in [5.41, 5.74) is 2.33. The summed E-state index contributed by atoms with van der Waals surface area (Å²) in [6, 6.07) is 7.75. The van der Waals surface area contributed by atoms with Gasteiger partial charge in [0.1, 0.15) is 16.2 Å². The van der Waals surface area contributed by atoms with E-state index in [2.05, 4.69) is 39.5 Å². The summed E-state index contributed by atoms with van der Waals surface area (Å²) >= 11 is 1.44. The molecular weight excluding hydrogens is 502 g/mol. The number of rotatable bonds is 8. The maximum absolute atomic E-state index is 12.0. The van der Waals surface area contributed by atoms with Crippen LogP contribution in [0.2, 0.25) is 0 Å². The summed E-state index contributed by atoms with van der Waals surface area (Å²) in [7, 11) is 0. The second-order valence-electron chi connectivity index (χ2n) is 10.4. The van der Waals surface area contributed by atoms with Gasteiger partial charge in [-0.1, -0.05) is 25.2 Å². The van der Waals surface area contributed by atoms with E-state index in [0.29, 0.717) is 35.9 Å². The molecule has 6 rings (SSSR count). The monoisotopic (exact) mass is 533 g/mol. The van der Waals surface area contributed by atoms with E-state index in [-0.39, 0.29) is 11.3 Å². The number of fused-ring (bicyclic) bond motifs is 1. The second-order valence-corrected chi connectivity index (χ2v) is 11.3. The maximum Gasteiger partial charge on any atom is 0.275 e. The minimum atomic E-state index is -0.177. The first-order valence-corrected chi connectivity index (χ1v) is 14.0. The zero-order chi connectivity index (χ0) is 26.1. The standard InChI is InChI=1S/C27H31N7O3S/c1-17(2)19-15-28-11-9-27(19,22-16-30-33-37-22)10-13-36-26-32-21-7-6-20(31-25(21)38-26)18-5-8-23(29-14-18)34-12-3-4-24(34)35/h5-8,14,16-17,19,28H,3-4,9-13,15H2,1-2H3. The lowest BCUT2D eigenvalue weighted by molar-refractivity contribution is -0.117. The molecule has 198 valence electrons. The number of anilines is 1. The molecule has 0 bridgehead atoms. The third-order valence-electron chi connectivity index (χ3n) is 7.88. The SMILES string of the molecule is CC(C)C1CNCCC1(CCOc1nc2ccc(-c3ccc(N4CCCC4=O)nc3)nc2s1)c1cnno1. The van der Waals surface area contributed by atoms with Gasteiger partial charge in [0.05, 0.1) is 18.5 Å². The van der Waals surface area contributed by atoms with E-state index in [0.717, 1.165) is 66.3 Å². The fourth-order valence-corrected chi connectivity index (χ4v) is 6.69. The summed E-state index contributed by atoms with van der Waals surface area (Å²) in [6.45, 7) is 7.59. The highest BCUT2D eigenvalue weighted by Crippen LogP contribution is 2.44. The van der Waals surface area contributed by atoms with Crippen molar-refractivity contribution >= 4 is 33.4 Å². The fourth-order valence-electron chi connectivity index (χ4n) is 5.88. The van der Waals surface area contributed by atoms with Crippen LogP contribution in [-0.4, -0.2) is 57.5 Å². The van der Waals surface area contributed by atoms with Crippen molar-refractivity contribution in [2.75, 3.05) is 31.1 Å². The van der Waals surface area contributed by atoms with Gasteiger partial charge in [-0.2, -0.15) is 0 Å². The molecule has 2 unspecified atom stereocenters. The lowest BCUT2D eigenvalue weighted by Crippen LogP contribution is -2.50. The quantitative estimate of drug-likeness (QED) is 0.355. The third-order valence-corrected chi connectivity index (χ3v) is 8.76. The summed E-state index contributed by atoms with van der Waals surface area (Å²) < 4.78 is 11.8. The molecule has 0 saturated carbocycles. The topological polar surface area (TPSA) is 119 Å². The first-order chi connectivity index (χ1) is 18.5. The molecule has 0 radical (unpaired) electrons. The van der Waals surface area contributed by atoms with Gasteiger partial charge in [0, 0.05) is 35.4 Å². The molecule has 2 aliphatic rings. The average Bonchev–Trinajstić information content (AvgIpc) is 3.70. The Morgan fingerprint density at radius 3 is 2.89 bits per heavy atom. The summed E-state index contributed by atoms with van der Waals surface area (Å²) in [6.07, 6.45) is 6.74. The second kappa shape index (κ2) is 10.4. The summed E-state index contributed by atoms with van der Waals surface area (Å²) in [4.78, 5) is 28.5. The first-order valence-electron chi connectivity index (χ1n) is 13.2. The normalized spacial score (nSPS) is 22.0. The van der Waals surface area contributed by atoms with Crippen LogP contribution in [0.1, 0.15) is 45.3 Å². The molecule has 11 heteroatoms. The predicted molar refractivity (Wildman–Crippen MR) is 144 cm³/mol. The lowest BCUT2D eigenvalue weighted by atomic mass is 9.63. The molecule has 1 N–H and O–H groups in total. The Kier molecular flexibility index (Phi) is 6.79. The number of ether oxygens (including phenoxy) is 1. The van der Waals surface area contributed by atoms with E-state index in [4.69, 9.17) is 14.2 Å². The number of hydrogen-bond acceptors (Lipinski definition) is 10. The molecule has 10 nitrogen and oxygen atoms in total. The van der Waals surface area contributed by atoms with Crippen LogP contribution in [0, 0.1) is 11.8 Å². The van der Waals surface area contributed by atoms with E-state index in [1.807, 2.05) is 24.3 Å². The van der Waals surface area contributed by atoms with E-state index in [1.165, 1.54) is 11.3 Å². The van der Waals surface area contributed by atoms with Gasteiger partial charge in [-0.05, 0) is 68.5 Å². The third kappa shape index (κ3) is 4.64. The number of nitrogens with one attached hydrogen (secondary N) is 1. The molecule has 4 aromatic rings. The van der Waals surface area contributed by atoms with Crippen molar-refractivity contribution in [3.8, 4) is 16.5 Å². The molecule has 2 atom stereocenters. The minimum absolute atomic E-state index is 0.130. The van der Waals surface area contributed by atoms with Gasteiger partial charge in [0.2, 0.25) is 5.91 Å². The Morgan fingerprint density at radius 2 is 2.16 bits per heavy atom. The molecular formula is C27H31N7O3S. The van der Waals surface area contributed by atoms with Crippen molar-refractivity contribution in [3.63, 3.8) is 0 Å². The van der Waals surface area contributed by atoms with Gasteiger partial charge in [-0.15, -0.1) is 5.10 Å². The van der Waals surface area contributed by atoms with Gasteiger partial charge in [-0.25, -0.2) is 15.0 Å². The Balaban J connectivity index is 1.17. The molecule has 2 fully saturated rings. The number of aromatic nitrogens is 5. The fraction of sp³-hybridized carbons (Fsp3) is 0.481. The van der Waals surface area contributed by atoms with Crippen molar-refractivity contribution in [3.05, 3.63) is 42.4 Å². The first kappa shape index (κ1) is 24.9. The molecule has 0 aromatic carbocycles. The van der Waals surface area contributed by atoms with Crippen molar-refractivity contribution < 1.29 is 14.1 Å². The van der Waals surface area contributed by atoms with E-state index >= 15 is 0 Å². The number of pyridine rings is 2. The van der Waals surface area contributed by atoms with Crippen LogP contribution in [0.15, 0.2) is 41.2 Å². The molecule has 0 spiro atoms. The van der Waals surface area contributed by atoms with Crippen LogP contribution in [0.5, 0.6) is 5.19 Å². The summed E-state index contributed by atoms with van der Waals surface area (Å²) in [5.74, 6) is 2.52. The Bertz CT molecular complexity index is 1410. The highest BCUT2D eigenvalue weighted by atomic mass is 32.1. The Morgan fingerprint density at radius 1 is 1.24 bits per heavy atom. The van der Waals surface area contributed by atoms with Crippen LogP contribution < -0.4 is 15.0 Å². The van der Waals surface area contributed by atoms with Crippen molar-refractivity contribution in [2.24, 2.45) is 11.8 Å². The number of carbonyl (C=O) groups excluding carboxylic acids is 1. The average molecular weight is 534 g/mol. The number of amides is 1. The maximum atomic E-state index is 12.0. The summed E-state index contributed by atoms with van der Waals surface area (Å²) in [5, 5.41) is 11.9. The molecule has 2 saturated heterocycles. The number of thiazole rings is 1. The van der Waals surface area contributed by atoms with Crippen LogP contribution >= 0.6 is 11.3 Å². The number of carbonyl (C=O) groups is 1. The van der Waals surface area contributed by atoms with Crippen LogP contribution in [0.25, 0.3) is 21.6 Å². The zero-order valence-corrected chi connectivity index (χ0v) is 22.4. The van der Waals surface area contributed by atoms with E-state index in [9.17, 15) is 4.79 Å². The van der Waals surface area contributed by atoms with Gasteiger partial charge >= 0.3 is 0 Å². The Hall–Kier alpha value is -3.44. The van der Waals surface area contributed by atoms with Gasteiger partial charge < -0.3 is 14.6 Å². The van der Waals surface area contributed by atoms with E-state index < -0.39 is 0 Å². The van der Waals surface area contributed by atoms with Gasteiger partial charge in [0.25, 0.3) is 5.19 Å². The zero-order valence-electron chi connectivity index (χ0n) is 21.6. The smallest absolute Gasteiger partial charge is 0.275 e. The predicted octanol–water partition coefficient (Wildman–Crippen LogP) is 4.24. The highest BCUT2D eigenvalue weighted by molar-refractivity contribution is 7.19. The highest BCUT2D eigenvalue weighted by Gasteiger charge is 2.46. The van der Waals surface area contributed by atoms with Crippen LogP contribution in [0.3, 0.4) is 0 Å². The van der Waals surface area contributed by atoms with Crippen LogP contribution in [-0.2, 0) is 10.2 Å². The minimum Gasteiger partial charge on any atom is -0.470 e. The largest absolute Gasteiger partial charge is 0.470 e. The van der Waals surface area contributed by atoms with E-state index in [1.54, 1.807) is 17.3 Å². The molecule has 6 heterocycles. The Labute approximate surface area is 224 Å². The van der Waals surface area contributed by atoms with Crippen molar-refractivity contribution in [2.45, 2.75) is 44.9 Å². The molecule has 1 amide bonds. The lowest BCUT2D eigenvalue weighted by Gasteiger charge is -2.44. The number of hydrogen-bond donors (Lipinski definition) is 1. The molecule has 0 aliphatic carbocycles. The van der Waals surface area contributed by atoms with Crippen molar-refractivity contribution in [1.82, 2.24) is 30.6 Å².